The van der Waals surface area contributed by atoms with Crippen molar-refractivity contribution in [3.05, 3.63) is 27.7 Å². The van der Waals surface area contributed by atoms with E-state index in [0.717, 1.165) is 12.8 Å². The number of aryl methyl sites for hydroxylation is 1. The van der Waals surface area contributed by atoms with Gasteiger partial charge in [-0.25, -0.2) is 13.1 Å². The molecule has 112 valence electrons. The van der Waals surface area contributed by atoms with E-state index in [9.17, 15) is 13.5 Å². The minimum absolute atomic E-state index is 0.0157. The van der Waals surface area contributed by atoms with Gasteiger partial charge in [0.05, 0.1) is 11.1 Å². The summed E-state index contributed by atoms with van der Waals surface area (Å²) < 4.78 is 26.8. The van der Waals surface area contributed by atoms with Crippen molar-refractivity contribution >= 4 is 33.2 Å². The predicted octanol–water partition coefficient (Wildman–Crippen LogP) is 2.74. The Bertz CT molecular complexity index is 600. The number of hydrogen-bond donors (Lipinski definition) is 2. The fourth-order valence-electron chi connectivity index (χ4n) is 1.97. The van der Waals surface area contributed by atoms with E-state index >= 15 is 0 Å². The van der Waals surface area contributed by atoms with Gasteiger partial charge in [-0.05, 0) is 49.8 Å². The summed E-state index contributed by atoms with van der Waals surface area (Å²) in [7, 11) is -3.68. The summed E-state index contributed by atoms with van der Waals surface area (Å²) in [6.07, 6.45) is 2.03. The van der Waals surface area contributed by atoms with Crippen LogP contribution in [0.3, 0.4) is 0 Å². The zero-order valence-corrected chi connectivity index (χ0v) is 13.4. The fourth-order valence-corrected chi connectivity index (χ4v) is 3.85. The second-order valence-corrected chi connectivity index (χ2v) is 7.67. The van der Waals surface area contributed by atoms with Crippen LogP contribution in [0.2, 0.25) is 10.0 Å². The minimum atomic E-state index is -3.68. The molecule has 0 bridgehead atoms. The lowest BCUT2D eigenvalue weighted by atomic mass is 10.2. The quantitative estimate of drug-likeness (QED) is 0.838. The summed E-state index contributed by atoms with van der Waals surface area (Å²) in [5, 5.41) is 10.2. The molecule has 0 amide bonds. The van der Waals surface area contributed by atoms with Crippen LogP contribution in [0.25, 0.3) is 0 Å². The van der Waals surface area contributed by atoms with Gasteiger partial charge in [0.1, 0.15) is 4.90 Å². The van der Waals surface area contributed by atoms with Crippen molar-refractivity contribution in [1.29, 1.82) is 0 Å². The lowest BCUT2D eigenvalue weighted by Crippen LogP contribution is -2.28. The fraction of sp³-hybridized carbons (Fsp3) is 0.538. The maximum absolute atomic E-state index is 12.2. The van der Waals surface area contributed by atoms with E-state index in [1.54, 1.807) is 6.92 Å². The highest BCUT2D eigenvalue weighted by Gasteiger charge is 2.29. The first-order chi connectivity index (χ1) is 9.31. The molecule has 1 saturated carbocycles. The average Bonchev–Trinajstić information content (AvgIpc) is 3.17. The van der Waals surface area contributed by atoms with Crippen LogP contribution in [0, 0.1) is 12.8 Å². The van der Waals surface area contributed by atoms with E-state index in [-0.39, 0.29) is 16.5 Å². The third-order valence-electron chi connectivity index (χ3n) is 3.40. The van der Waals surface area contributed by atoms with Crippen molar-refractivity contribution in [2.24, 2.45) is 5.92 Å². The van der Waals surface area contributed by atoms with Gasteiger partial charge in [-0.2, -0.15) is 0 Å². The summed E-state index contributed by atoms with van der Waals surface area (Å²) in [5.41, 5.74) is 0.648. The topological polar surface area (TPSA) is 66.4 Å². The lowest BCUT2D eigenvalue weighted by molar-refractivity contribution is 0.143. The number of sulfonamides is 1. The smallest absolute Gasteiger partial charge is 0.242 e. The second kappa shape index (κ2) is 6.20. The largest absolute Gasteiger partial charge is 0.393 e. The molecule has 0 heterocycles. The maximum Gasteiger partial charge on any atom is 0.242 e. The van der Waals surface area contributed by atoms with Gasteiger partial charge in [-0.15, -0.1) is 0 Å². The molecule has 0 aromatic heterocycles. The molecular formula is C13H17Cl2NO3S. The van der Waals surface area contributed by atoms with Crippen LogP contribution < -0.4 is 4.72 Å². The lowest BCUT2D eigenvalue weighted by Gasteiger charge is -2.12. The van der Waals surface area contributed by atoms with Crippen molar-refractivity contribution in [1.82, 2.24) is 4.72 Å². The number of aliphatic hydroxyl groups is 1. The third-order valence-corrected chi connectivity index (χ3v) is 5.73. The summed E-state index contributed by atoms with van der Waals surface area (Å²) in [4.78, 5) is 0.0157. The van der Waals surface area contributed by atoms with E-state index in [2.05, 4.69) is 4.72 Å². The van der Waals surface area contributed by atoms with Crippen LogP contribution in [0.4, 0.5) is 0 Å². The molecule has 0 unspecified atom stereocenters. The molecule has 1 atom stereocenters. The molecule has 0 aliphatic heterocycles. The Morgan fingerprint density at radius 3 is 2.60 bits per heavy atom. The van der Waals surface area contributed by atoms with Gasteiger partial charge in [0.25, 0.3) is 0 Å². The maximum atomic E-state index is 12.2. The standard InChI is InChI=1S/C13H17Cl2NO3S/c1-8-6-13(11(15)7-10(8)14)20(18,19)16-5-4-12(17)9-2-3-9/h6-7,9,12,16-17H,2-5H2,1H3/t12-/m1/s1. The van der Waals surface area contributed by atoms with Gasteiger partial charge in [0.2, 0.25) is 10.0 Å². The number of benzene rings is 1. The minimum Gasteiger partial charge on any atom is -0.393 e. The van der Waals surface area contributed by atoms with E-state index < -0.39 is 16.1 Å². The molecule has 20 heavy (non-hydrogen) atoms. The number of nitrogens with one attached hydrogen (secondary N) is 1. The molecular weight excluding hydrogens is 321 g/mol. The monoisotopic (exact) mass is 337 g/mol. The summed E-state index contributed by atoms with van der Waals surface area (Å²) in [6.45, 7) is 1.91. The summed E-state index contributed by atoms with van der Waals surface area (Å²) >= 11 is 11.8. The molecule has 0 saturated heterocycles. The molecule has 1 aromatic rings. The van der Waals surface area contributed by atoms with Crippen LogP contribution >= 0.6 is 23.2 Å². The molecule has 1 fully saturated rings. The zero-order valence-electron chi connectivity index (χ0n) is 11.1. The van der Waals surface area contributed by atoms with Crippen LogP contribution in [-0.4, -0.2) is 26.2 Å². The Kier molecular flexibility index (Phi) is 4.97. The van der Waals surface area contributed by atoms with Gasteiger partial charge < -0.3 is 5.11 Å². The second-order valence-electron chi connectivity index (χ2n) is 5.12. The number of hydrogen-bond acceptors (Lipinski definition) is 3. The van der Waals surface area contributed by atoms with Crippen molar-refractivity contribution in [3.63, 3.8) is 0 Å². The normalized spacial score (nSPS) is 17.2. The Labute approximate surface area is 129 Å². The SMILES string of the molecule is Cc1cc(S(=O)(=O)NCC[C@@H](O)C2CC2)c(Cl)cc1Cl. The number of aliphatic hydroxyl groups excluding tert-OH is 1. The highest BCUT2D eigenvalue weighted by molar-refractivity contribution is 7.89. The Hall–Kier alpha value is -0.330. The van der Waals surface area contributed by atoms with Crippen molar-refractivity contribution < 1.29 is 13.5 Å². The third kappa shape index (κ3) is 3.86. The number of halogens is 2. The van der Waals surface area contributed by atoms with Crippen LogP contribution in [0.5, 0.6) is 0 Å². The van der Waals surface area contributed by atoms with Crippen molar-refractivity contribution in [3.8, 4) is 0 Å². The van der Waals surface area contributed by atoms with Crippen LogP contribution in [0.1, 0.15) is 24.8 Å². The molecule has 2 N–H and O–H groups in total. The summed E-state index contributed by atoms with van der Waals surface area (Å²) in [6, 6.07) is 2.87. The summed E-state index contributed by atoms with van der Waals surface area (Å²) in [5.74, 6) is 0.334. The molecule has 0 radical (unpaired) electrons. The highest BCUT2D eigenvalue weighted by Crippen LogP contribution is 2.33. The molecule has 7 heteroatoms. The highest BCUT2D eigenvalue weighted by atomic mass is 35.5. The molecule has 4 nitrogen and oxygen atoms in total. The molecule has 0 spiro atoms. The van der Waals surface area contributed by atoms with E-state index in [1.807, 2.05) is 0 Å². The number of rotatable bonds is 6. The van der Waals surface area contributed by atoms with E-state index in [1.165, 1.54) is 12.1 Å². The van der Waals surface area contributed by atoms with Gasteiger partial charge in [0.15, 0.2) is 0 Å². The van der Waals surface area contributed by atoms with E-state index in [4.69, 9.17) is 23.2 Å². The zero-order chi connectivity index (χ0) is 14.9. The predicted molar refractivity (Wildman–Crippen MR) is 79.7 cm³/mol. The molecule has 1 aromatic carbocycles. The van der Waals surface area contributed by atoms with Gasteiger partial charge in [0, 0.05) is 11.6 Å². The van der Waals surface area contributed by atoms with E-state index in [0.29, 0.717) is 22.9 Å². The Balaban J connectivity index is 2.04. The Morgan fingerprint density at radius 1 is 1.35 bits per heavy atom. The van der Waals surface area contributed by atoms with Crippen molar-refractivity contribution in [2.75, 3.05) is 6.54 Å². The van der Waals surface area contributed by atoms with Crippen molar-refractivity contribution in [2.45, 2.75) is 37.2 Å². The molecule has 1 aliphatic rings. The van der Waals surface area contributed by atoms with Gasteiger partial charge >= 0.3 is 0 Å². The average molecular weight is 338 g/mol. The molecule has 2 rings (SSSR count). The first-order valence-electron chi connectivity index (χ1n) is 6.44. The Morgan fingerprint density at radius 2 is 2.00 bits per heavy atom. The molecule has 1 aliphatic carbocycles. The first kappa shape index (κ1) is 16.0. The van der Waals surface area contributed by atoms with Gasteiger partial charge in [-0.3, -0.25) is 0 Å². The first-order valence-corrected chi connectivity index (χ1v) is 8.68. The van der Waals surface area contributed by atoms with Crippen LogP contribution in [0.15, 0.2) is 17.0 Å². The van der Waals surface area contributed by atoms with Gasteiger partial charge in [-0.1, -0.05) is 23.2 Å². The van der Waals surface area contributed by atoms with Crippen LogP contribution in [-0.2, 0) is 10.0 Å².